The molecular formula is C23H25N3O2. The first-order valence-corrected chi connectivity index (χ1v) is 10.2. The highest BCUT2D eigenvalue weighted by molar-refractivity contribution is 5.92. The number of carbonyl (C=O) groups excluding carboxylic acids is 1. The van der Waals surface area contributed by atoms with Crippen molar-refractivity contribution in [2.45, 2.75) is 50.6 Å². The van der Waals surface area contributed by atoms with Crippen LogP contribution in [0.4, 0.5) is 5.69 Å². The summed E-state index contributed by atoms with van der Waals surface area (Å²) in [5, 5.41) is 6.68. The van der Waals surface area contributed by atoms with Gasteiger partial charge in [-0.15, -0.1) is 0 Å². The lowest BCUT2D eigenvalue weighted by molar-refractivity contribution is -0.117. The molecule has 1 aromatic heterocycles. The van der Waals surface area contributed by atoms with Crippen molar-refractivity contribution < 1.29 is 9.21 Å². The molecule has 2 aliphatic rings. The molecular weight excluding hydrogens is 350 g/mol. The predicted molar refractivity (Wildman–Crippen MR) is 109 cm³/mol. The van der Waals surface area contributed by atoms with Crippen molar-refractivity contribution in [2.75, 3.05) is 5.32 Å². The van der Waals surface area contributed by atoms with E-state index in [-0.39, 0.29) is 5.91 Å². The number of oxazole rings is 1. The molecule has 2 fully saturated rings. The van der Waals surface area contributed by atoms with Crippen LogP contribution in [0.2, 0.25) is 0 Å². The molecule has 3 heterocycles. The number of fused-ring (bicyclic) bond motifs is 3. The SMILES string of the molecule is O=C(CC1CC2CCC(C1)N2)Nc1ccc2nc(Cc3ccccc3)oc2c1. The minimum absolute atomic E-state index is 0.0923. The van der Waals surface area contributed by atoms with Gasteiger partial charge in [-0.05, 0) is 49.3 Å². The van der Waals surface area contributed by atoms with Gasteiger partial charge in [0.2, 0.25) is 5.91 Å². The number of rotatable bonds is 5. The Balaban J connectivity index is 1.24. The Morgan fingerprint density at radius 3 is 2.68 bits per heavy atom. The Morgan fingerprint density at radius 1 is 1.11 bits per heavy atom. The fourth-order valence-corrected chi connectivity index (χ4v) is 4.71. The number of benzene rings is 2. The number of nitrogens with one attached hydrogen (secondary N) is 2. The molecule has 2 N–H and O–H groups in total. The van der Waals surface area contributed by atoms with E-state index in [1.165, 1.54) is 18.4 Å². The topological polar surface area (TPSA) is 67.2 Å². The van der Waals surface area contributed by atoms with Crippen molar-refractivity contribution in [3.63, 3.8) is 0 Å². The number of carbonyl (C=O) groups is 1. The summed E-state index contributed by atoms with van der Waals surface area (Å²) in [4.78, 5) is 17.1. The molecule has 2 aromatic carbocycles. The second-order valence-corrected chi connectivity index (χ2v) is 8.18. The second kappa shape index (κ2) is 7.40. The number of piperidine rings is 1. The zero-order valence-electron chi connectivity index (χ0n) is 15.9. The third kappa shape index (κ3) is 3.80. The standard InChI is InChI=1S/C23H25N3O2/c27-22(12-16-10-17-6-7-18(11-16)24-17)25-19-8-9-20-21(14-19)28-23(26-20)13-15-4-2-1-3-5-15/h1-5,8-9,14,16-18,24H,6-7,10-13H2,(H,25,27). The first-order chi connectivity index (χ1) is 13.7. The number of hydrogen-bond donors (Lipinski definition) is 2. The van der Waals surface area contributed by atoms with Crippen molar-refractivity contribution in [3.05, 3.63) is 60.0 Å². The molecule has 0 saturated carbocycles. The number of anilines is 1. The van der Waals surface area contributed by atoms with E-state index >= 15 is 0 Å². The minimum Gasteiger partial charge on any atom is -0.440 e. The van der Waals surface area contributed by atoms with Gasteiger partial charge in [0.05, 0.1) is 0 Å². The van der Waals surface area contributed by atoms with Crippen LogP contribution in [-0.4, -0.2) is 23.0 Å². The summed E-state index contributed by atoms with van der Waals surface area (Å²) in [7, 11) is 0. The number of nitrogens with zero attached hydrogens (tertiary/aromatic N) is 1. The number of hydrogen-bond acceptors (Lipinski definition) is 4. The highest BCUT2D eigenvalue weighted by Gasteiger charge is 2.34. The molecule has 0 radical (unpaired) electrons. The molecule has 2 atom stereocenters. The van der Waals surface area contributed by atoms with Gasteiger partial charge in [-0.25, -0.2) is 4.98 Å². The monoisotopic (exact) mass is 375 g/mol. The van der Waals surface area contributed by atoms with Crippen LogP contribution >= 0.6 is 0 Å². The first-order valence-electron chi connectivity index (χ1n) is 10.2. The third-order valence-corrected chi connectivity index (χ3v) is 5.96. The summed E-state index contributed by atoms with van der Waals surface area (Å²) >= 11 is 0. The zero-order chi connectivity index (χ0) is 18.9. The van der Waals surface area contributed by atoms with Gasteiger partial charge in [0.15, 0.2) is 11.5 Å². The lowest BCUT2D eigenvalue weighted by Gasteiger charge is -2.28. The summed E-state index contributed by atoms with van der Waals surface area (Å²) in [6, 6.07) is 17.1. The smallest absolute Gasteiger partial charge is 0.224 e. The van der Waals surface area contributed by atoms with Crippen LogP contribution in [0.1, 0.15) is 43.6 Å². The lowest BCUT2D eigenvalue weighted by atomic mass is 9.89. The van der Waals surface area contributed by atoms with Gasteiger partial charge in [-0.3, -0.25) is 4.79 Å². The average Bonchev–Trinajstić information content (AvgIpc) is 3.24. The van der Waals surface area contributed by atoms with Gasteiger partial charge in [0.1, 0.15) is 5.52 Å². The summed E-state index contributed by atoms with van der Waals surface area (Å²) in [6.07, 6.45) is 6.02. The lowest BCUT2D eigenvalue weighted by Crippen LogP contribution is -2.39. The van der Waals surface area contributed by atoms with Gasteiger partial charge in [-0.1, -0.05) is 30.3 Å². The molecule has 0 spiro atoms. The minimum atomic E-state index is 0.0923. The fraction of sp³-hybridized carbons (Fsp3) is 0.391. The van der Waals surface area contributed by atoms with Crippen LogP contribution in [0, 0.1) is 5.92 Å². The van der Waals surface area contributed by atoms with Crippen LogP contribution in [-0.2, 0) is 11.2 Å². The van der Waals surface area contributed by atoms with E-state index in [0.717, 1.165) is 24.0 Å². The van der Waals surface area contributed by atoms with Gasteiger partial charge in [-0.2, -0.15) is 0 Å². The summed E-state index contributed by atoms with van der Waals surface area (Å²) in [6.45, 7) is 0. The Labute approximate surface area is 164 Å². The maximum absolute atomic E-state index is 12.5. The van der Waals surface area contributed by atoms with Crippen molar-refractivity contribution in [2.24, 2.45) is 5.92 Å². The highest BCUT2D eigenvalue weighted by Crippen LogP contribution is 2.33. The van der Waals surface area contributed by atoms with Crippen molar-refractivity contribution in [1.29, 1.82) is 0 Å². The Hall–Kier alpha value is -2.66. The van der Waals surface area contributed by atoms with Gasteiger partial charge in [0.25, 0.3) is 0 Å². The third-order valence-electron chi connectivity index (χ3n) is 5.96. The van der Waals surface area contributed by atoms with E-state index in [0.29, 0.717) is 42.3 Å². The summed E-state index contributed by atoms with van der Waals surface area (Å²) < 4.78 is 5.91. The molecule has 144 valence electrons. The number of aromatic nitrogens is 1. The normalized spacial score (nSPS) is 23.8. The van der Waals surface area contributed by atoms with Gasteiger partial charge >= 0.3 is 0 Å². The van der Waals surface area contributed by atoms with Crippen LogP contribution in [0.5, 0.6) is 0 Å². The van der Waals surface area contributed by atoms with Crippen LogP contribution in [0.3, 0.4) is 0 Å². The van der Waals surface area contributed by atoms with Crippen molar-refractivity contribution in [3.8, 4) is 0 Å². The molecule has 5 heteroatoms. The van der Waals surface area contributed by atoms with E-state index in [1.807, 2.05) is 36.4 Å². The second-order valence-electron chi connectivity index (χ2n) is 8.18. The molecule has 3 aromatic rings. The fourth-order valence-electron chi connectivity index (χ4n) is 4.71. The van der Waals surface area contributed by atoms with Crippen molar-refractivity contribution in [1.82, 2.24) is 10.3 Å². The summed E-state index contributed by atoms with van der Waals surface area (Å²) in [5.41, 5.74) is 3.47. The molecule has 2 unspecified atom stereocenters. The Kier molecular flexibility index (Phi) is 4.61. The van der Waals surface area contributed by atoms with E-state index in [4.69, 9.17) is 4.42 Å². The van der Waals surface area contributed by atoms with E-state index in [9.17, 15) is 4.79 Å². The molecule has 2 aliphatic heterocycles. The zero-order valence-corrected chi connectivity index (χ0v) is 15.9. The summed E-state index contributed by atoms with van der Waals surface area (Å²) in [5.74, 6) is 1.27. The molecule has 28 heavy (non-hydrogen) atoms. The molecule has 2 saturated heterocycles. The molecule has 1 amide bonds. The van der Waals surface area contributed by atoms with E-state index in [1.54, 1.807) is 0 Å². The van der Waals surface area contributed by atoms with E-state index < -0.39 is 0 Å². The Morgan fingerprint density at radius 2 is 1.89 bits per heavy atom. The average molecular weight is 375 g/mol. The Bertz CT molecular complexity index is 970. The molecule has 0 aliphatic carbocycles. The maximum atomic E-state index is 12.5. The maximum Gasteiger partial charge on any atom is 0.224 e. The van der Waals surface area contributed by atoms with Crippen molar-refractivity contribution >= 4 is 22.7 Å². The quantitative estimate of drug-likeness (QED) is 0.699. The molecule has 5 nitrogen and oxygen atoms in total. The van der Waals surface area contributed by atoms with Gasteiger partial charge in [0, 0.05) is 36.7 Å². The van der Waals surface area contributed by atoms with Crippen LogP contribution < -0.4 is 10.6 Å². The number of amides is 1. The first kappa shape index (κ1) is 17.4. The highest BCUT2D eigenvalue weighted by atomic mass is 16.3. The molecule has 5 rings (SSSR count). The van der Waals surface area contributed by atoms with Crippen LogP contribution in [0.15, 0.2) is 52.9 Å². The van der Waals surface area contributed by atoms with Crippen LogP contribution in [0.25, 0.3) is 11.1 Å². The molecule has 2 bridgehead atoms. The largest absolute Gasteiger partial charge is 0.440 e. The predicted octanol–water partition coefficient (Wildman–Crippen LogP) is 4.28. The van der Waals surface area contributed by atoms with Gasteiger partial charge < -0.3 is 15.1 Å². The van der Waals surface area contributed by atoms with E-state index in [2.05, 4.69) is 27.8 Å².